The van der Waals surface area contributed by atoms with Crippen molar-refractivity contribution in [2.24, 2.45) is 5.92 Å². The maximum Gasteiger partial charge on any atom is 0.319 e. The molecule has 0 bridgehead atoms. The summed E-state index contributed by atoms with van der Waals surface area (Å²) in [7, 11) is 0. The van der Waals surface area contributed by atoms with Gasteiger partial charge >= 0.3 is 6.03 Å². The van der Waals surface area contributed by atoms with Crippen LogP contribution >= 0.6 is 11.6 Å². The minimum Gasteiger partial charge on any atom is -0.338 e. The summed E-state index contributed by atoms with van der Waals surface area (Å²) >= 11 is 5.86. The second kappa shape index (κ2) is 9.25. The van der Waals surface area contributed by atoms with Gasteiger partial charge in [0.1, 0.15) is 0 Å². The molecule has 1 fully saturated rings. The van der Waals surface area contributed by atoms with Gasteiger partial charge in [0.2, 0.25) is 0 Å². The normalized spacial score (nSPS) is 15.5. The maximum atomic E-state index is 12.0. The molecule has 4 nitrogen and oxygen atoms in total. The average Bonchev–Trinajstić information content (AvgIpc) is 2.66. The molecule has 0 aromatic heterocycles. The number of carbonyl (C=O) groups excluding carboxylic acids is 1. The lowest BCUT2D eigenvalue weighted by molar-refractivity contribution is 0.175. The van der Waals surface area contributed by atoms with Crippen LogP contribution in [0.5, 0.6) is 0 Å². The van der Waals surface area contributed by atoms with Crippen molar-refractivity contribution in [3.05, 3.63) is 64.2 Å². The van der Waals surface area contributed by atoms with E-state index in [1.807, 2.05) is 0 Å². The topological polar surface area (TPSA) is 44.4 Å². The number of aryl methyl sites for hydroxylation is 2. The number of benzene rings is 2. The van der Waals surface area contributed by atoms with Gasteiger partial charge in [-0.05, 0) is 81.1 Å². The quantitative estimate of drug-likeness (QED) is 0.761. The van der Waals surface area contributed by atoms with E-state index in [1.165, 1.54) is 16.7 Å². The molecule has 0 radical (unpaired) electrons. The Morgan fingerprint density at radius 2 is 1.81 bits per heavy atom. The van der Waals surface area contributed by atoms with Crippen molar-refractivity contribution >= 4 is 23.3 Å². The van der Waals surface area contributed by atoms with Crippen LogP contribution in [-0.4, -0.2) is 30.6 Å². The molecule has 2 aromatic carbocycles. The van der Waals surface area contributed by atoms with Crippen LogP contribution < -0.4 is 10.6 Å². The summed E-state index contributed by atoms with van der Waals surface area (Å²) in [4.78, 5) is 14.6. The number of carbonyl (C=O) groups is 1. The standard InChI is InChI=1S/C22H28ClN3O/c1-16-3-4-17(2)19(13-16)15-26-11-9-18(10-12-26)14-24-22(27)25-21-7-5-20(23)6-8-21/h3-8,13,18H,9-12,14-15H2,1-2H3,(H2,24,25,27). The van der Waals surface area contributed by atoms with Crippen molar-refractivity contribution in [1.82, 2.24) is 10.2 Å². The van der Waals surface area contributed by atoms with Gasteiger partial charge in [-0.2, -0.15) is 0 Å². The predicted molar refractivity (Wildman–Crippen MR) is 112 cm³/mol. The molecule has 1 saturated heterocycles. The van der Waals surface area contributed by atoms with Gasteiger partial charge in [0.15, 0.2) is 0 Å². The molecule has 0 unspecified atom stereocenters. The lowest BCUT2D eigenvalue weighted by Gasteiger charge is -2.32. The molecule has 1 aliphatic rings. The number of halogens is 1. The minimum absolute atomic E-state index is 0.157. The van der Waals surface area contributed by atoms with Crippen LogP contribution in [0.4, 0.5) is 10.5 Å². The third kappa shape index (κ3) is 5.98. The maximum absolute atomic E-state index is 12.0. The van der Waals surface area contributed by atoms with E-state index in [9.17, 15) is 4.79 Å². The molecule has 1 heterocycles. The Kier molecular flexibility index (Phi) is 6.75. The van der Waals surface area contributed by atoms with Gasteiger partial charge in [-0.1, -0.05) is 35.4 Å². The van der Waals surface area contributed by atoms with Gasteiger partial charge in [-0.15, -0.1) is 0 Å². The average molecular weight is 386 g/mol. The second-order valence-electron chi connectivity index (χ2n) is 7.49. The van der Waals surface area contributed by atoms with Gasteiger partial charge in [0.05, 0.1) is 0 Å². The fourth-order valence-electron chi connectivity index (χ4n) is 3.51. The zero-order valence-corrected chi connectivity index (χ0v) is 16.9. The Labute approximate surface area is 166 Å². The van der Waals surface area contributed by atoms with Crippen LogP contribution in [0.3, 0.4) is 0 Å². The fourth-order valence-corrected chi connectivity index (χ4v) is 3.63. The summed E-state index contributed by atoms with van der Waals surface area (Å²) in [5.74, 6) is 0.538. The van der Waals surface area contributed by atoms with E-state index in [0.717, 1.165) is 44.7 Å². The lowest BCUT2D eigenvalue weighted by atomic mass is 9.96. The van der Waals surface area contributed by atoms with E-state index < -0.39 is 0 Å². The minimum atomic E-state index is -0.157. The Hall–Kier alpha value is -2.04. The number of nitrogens with zero attached hydrogens (tertiary/aromatic N) is 1. The molecule has 144 valence electrons. The fraction of sp³-hybridized carbons (Fsp3) is 0.409. The number of hydrogen-bond donors (Lipinski definition) is 2. The number of hydrogen-bond acceptors (Lipinski definition) is 2. The molecule has 2 N–H and O–H groups in total. The number of nitrogens with one attached hydrogen (secondary N) is 2. The molecular formula is C22H28ClN3O. The summed E-state index contributed by atoms with van der Waals surface area (Å²) in [6.07, 6.45) is 2.23. The SMILES string of the molecule is Cc1ccc(C)c(CN2CCC(CNC(=O)Nc3ccc(Cl)cc3)CC2)c1. The Balaban J connectivity index is 1.39. The predicted octanol–water partition coefficient (Wildman–Crippen LogP) is 4.99. The van der Waals surface area contributed by atoms with E-state index in [-0.39, 0.29) is 6.03 Å². The molecule has 0 saturated carbocycles. The highest BCUT2D eigenvalue weighted by Gasteiger charge is 2.20. The zero-order chi connectivity index (χ0) is 19.2. The van der Waals surface area contributed by atoms with E-state index in [1.54, 1.807) is 24.3 Å². The summed E-state index contributed by atoms with van der Waals surface area (Å²) in [5.41, 5.74) is 4.86. The molecule has 5 heteroatoms. The number of piperidine rings is 1. The Morgan fingerprint density at radius 3 is 2.52 bits per heavy atom. The van der Waals surface area contributed by atoms with Gasteiger partial charge in [0, 0.05) is 23.8 Å². The monoisotopic (exact) mass is 385 g/mol. The van der Waals surface area contributed by atoms with Crippen LogP contribution in [-0.2, 0) is 6.54 Å². The Bertz CT molecular complexity index is 768. The van der Waals surface area contributed by atoms with Gasteiger partial charge in [0.25, 0.3) is 0 Å². The second-order valence-corrected chi connectivity index (χ2v) is 7.93. The summed E-state index contributed by atoms with van der Waals surface area (Å²) in [6.45, 7) is 8.24. The summed E-state index contributed by atoms with van der Waals surface area (Å²) < 4.78 is 0. The molecule has 0 spiro atoms. The molecule has 27 heavy (non-hydrogen) atoms. The van der Waals surface area contributed by atoms with Crippen molar-refractivity contribution in [2.75, 3.05) is 25.0 Å². The first-order chi connectivity index (χ1) is 13.0. The highest BCUT2D eigenvalue weighted by Crippen LogP contribution is 2.20. The third-order valence-electron chi connectivity index (χ3n) is 5.26. The van der Waals surface area contributed by atoms with E-state index >= 15 is 0 Å². The van der Waals surface area contributed by atoms with E-state index in [2.05, 4.69) is 47.6 Å². The number of rotatable bonds is 5. The van der Waals surface area contributed by atoms with Crippen LogP contribution in [0, 0.1) is 19.8 Å². The largest absolute Gasteiger partial charge is 0.338 e. The van der Waals surface area contributed by atoms with Crippen LogP contribution in [0.2, 0.25) is 5.02 Å². The molecule has 1 aliphatic heterocycles. The van der Waals surface area contributed by atoms with Crippen molar-refractivity contribution in [1.29, 1.82) is 0 Å². The zero-order valence-electron chi connectivity index (χ0n) is 16.1. The molecule has 0 aliphatic carbocycles. The first kappa shape index (κ1) is 19.7. The van der Waals surface area contributed by atoms with Gasteiger partial charge in [-0.25, -0.2) is 4.79 Å². The molecule has 0 atom stereocenters. The smallest absolute Gasteiger partial charge is 0.319 e. The van der Waals surface area contributed by atoms with Crippen molar-refractivity contribution < 1.29 is 4.79 Å². The van der Waals surface area contributed by atoms with Crippen LogP contribution in [0.1, 0.15) is 29.5 Å². The lowest BCUT2D eigenvalue weighted by Crippen LogP contribution is -2.39. The molecule has 3 rings (SSSR count). The Morgan fingerprint density at radius 1 is 1.11 bits per heavy atom. The summed E-state index contributed by atoms with van der Waals surface area (Å²) in [5, 5.41) is 6.50. The molecule has 2 amide bonds. The van der Waals surface area contributed by atoms with Gasteiger partial charge < -0.3 is 10.6 Å². The molecular weight excluding hydrogens is 358 g/mol. The number of urea groups is 1. The van der Waals surface area contributed by atoms with E-state index in [0.29, 0.717) is 10.9 Å². The van der Waals surface area contributed by atoms with Crippen LogP contribution in [0.15, 0.2) is 42.5 Å². The van der Waals surface area contributed by atoms with Crippen molar-refractivity contribution in [3.8, 4) is 0 Å². The first-order valence-corrected chi connectivity index (χ1v) is 9.96. The number of amides is 2. The summed E-state index contributed by atoms with van der Waals surface area (Å²) in [6, 6.07) is 13.7. The number of anilines is 1. The van der Waals surface area contributed by atoms with Crippen molar-refractivity contribution in [2.45, 2.75) is 33.2 Å². The van der Waals surface area contributed by atoms with Crippen molar-refractivity contribution in [3.63, 3.8) is 0 Å². The van der Waals surface area contributed by atoms with Gasteiger partial charge in [-0.3, -0.25) is 4.90 Å². The highest BCUT2D eigenvalue weighted by molar-refractivity contribution is 6.30. The van der Waals surface area contributed by atoms with E-state index in [4.69, 9.17) is 11.6 Å². The van der Waals surface area contributed by atoms with Crippen LogP contribution in [0.25, 0.3) is 0 Å². The highest BCUT2D eigenvalue weighted by atomic mass is 35.5. The first-order valence-electron chi connectivity index (χ1n) is 9.58. The third-order valence-corrected chi connectivity index (χ3v) is 5.51. The molecule has 2 aromatic rings. The number of likely N-dealkylation sites (tertiary alicyclic amines) is 1.